The molecule has 0 spiro atoms. The molecule has 0 bridgehead atoms. The van der Waals surface area contributed by atoms with Gasteiger partial charge in [0.05, 0.1) is 11.1 Å². The van der Waals surface area contributed by atoms with Crippen molar-refractivity contribution in [3.63, 3.8) is 0 Å². The first kappa shape index (κ1) is 17.9. The van der Waals surface area contributed by atoms with E-state index in [1.807, 2.05) is 31.2 Å². The Morgan fingerprint density at radius 2 is 2.08 bits per heavy atom. The number of carboxylic acid groups (broad SMARTS) is 1. The molecule has 132 valence electrons. The average Bonchev–Trinajstić information content (AvgIpc) is 2.60. The van der Waals surface area contributed by atoms with Crippen molar-refractivity contribution in [1.82, 2.24) is 4.98 Å². The number of carbonyl (C=O) groups excluding carboxylic acids is 1. The van der Waals surface area contributed by atoms with E-state index in [1.165, 1.54) is 0 Å². The summed E-state index contributed by atoms with van der Waals surface area (Å²) in [5.41, 5.74) is 2.86. The van der Waals surface area contributed by atoms with Crippen molar-refractivity contribution >= 4 is 40.6 Å². The number of hydrogen-bond donors (Lipinski definition) is 2. The molecule has 3 rings (SSSR count). The van der Waals surface area contributed by atoms with Crippen LogP contribution in [-0.2, 0) is 11.2 Å². The number of halogens is 1. The minimum Gasteiger partial charge on any atom is -0.480 e. The maximum Gasteiger partial charge on any atom is 0.326 e. The summed E-state index contributed by atoms with van der Waals surface area (Å²) in [6, 6.07) is 13.5. The molecule has 0 aliphatic carbocycles. The molecule has 5 nitrogen and oxygen atoms in total. The summed E-state index contributed by atoms with van der Waals surface area (Å²) < 4.78 is 0. The Morgan fingerprint density at radius 1 is 1.27 bits per heavy atom. The molecule has 0 amide bonds. The van der Waals surface area contributed by atoms with Gasteiger partial charge in [-0.05, 0) is 36.8 Å². The van der Waals surface area contributed by atoms with Crippen molar-refractivity contribution in [2.75, 3.05) is 5.32 Å². The first-order chi connectivity index (χ1) is 12.5. The molecule has 2 aromatic carbocycles. The van der Waals surface area contributed by atoms with Crippen LogP contribution in [0, 0.1) is 6.92 Å². The molecule has 0 aliphatic heterocycles. The van der Waals surface area contributed by atoms with Gasteiger partial charge < -0.3 is 10.4 Å². The molecular weight excluding hydrogens is 352 g/mol. The largest absolute Gasteiger partial charge is 0.480 e. The lowest BCUT2D eigenvalue weighted by Gasteiger charge is -2.17. The maximum absolute atomic E-state index is 11.7. The number of fused-ring (bicyclic) bond motifs is 1. The van der Waals surface area contributed by atoms with Gasteiger partial charge in [0.15, 0.2) is 6.29 Å². The SMILES string of the molecule is Cc1cccc(CC(Nc2nc3ccc(Cl)cc3cc2C=O)C(=O)O)c1. The highest BCUT2D eigenvalue weighted by Gasteiger charge is 2.20. The fourth-order valence-corrected chi connectivity index (χ4v) is 2.99. The second-order valence-electron chi connectivity index (χ2n) is 6.11. The van der Waals surface area contributed by atoms with Crippen molar-refractivity contribution in [3.8, 4) is 0 Å². The molecule has 2 N–H and O–H groups in total. The van der Waals surface area contributed by atoms with E-state index >= 15 is 0 Å². The van der Waals surface area contributed by atoms with Crippen LogP contribution >= 0.6 is 11.6 Å². The molecule has 1 heterocycles. The lowest BCUT2D eigenvalue weighted by atomic mass is 10.0. The highest BCUT2D eigenvalue weighted by molar-refractivity contribution is 6.31. The van der Waals surface area contributed by atoms with E-state index in [1.54, 1.807) is 24.3 Å². The van der Waals surface area contributed by atoms with Crippen LogP contribution in [0.2, 0.25) is 5.02 Å². The normalized spacial score (nSPS) is 11.9. The third-order valence-corrected chi connectivity index (χ3v) is 4.30. The summed E-state index contributed by atoms with van der Waals surface area (Å²) in [5, 5.41) is 13.7. The smallest absolute Gasteiger partial charge is 0.326 e. The van der Waals surface area contributed by atoms with Crippen LogP contribution in [0.4, 0.5) is 5.82 Å². The van der Waals surface area contributed by atoms with Gasteiger partial charge in [0.2, 0.25) is 0 Å². The monoisotopic (exact) mass is 368 g/mol. The molecule has 0 saturated carbocycles. The van der Waals surface area contributed by atoms with Gasteiger partial charge in [-0.1, -0.05) is 41.4 Å². The molecule has 0 radical (unpaired) electrons. The number of rotatable bonds is 6. The molecule has 3 aromatic rings. The molecule has 26 heavy (non-hydrogen) atoms. The summed E-state index contributed by atoms with van der Waals surface area (Å²) in [5.74, 6) is -0.767. The van der Waals surface area contributed by atoms with E-state index in [2.05, 4.69) is 10.3 Å². The van der Waals surface area contributed by atoms with Crippen LogP contribution in [0.25, 0.3) is 10.9 Å². The van der Waals surface area contributed by atoms with Gasteiger partial charge in [-0.2, -0.15) is 0 Å². The van der Waals surface area contributed by atoms with E-state index in [0.717, 1.165) is 16.5 Å². The second kappa shape index (κ2) is 7.54. The third-order valence-electron chi connectivity index (χ3n) is 4.06. The van der Waals surface area contributed by atoms with Crippen molar-refractivity contribution in [3.05, 3.63) is 70.2 Å². The number of benzene rings is 2. The standard InChI is InChI=1S/C20H17ClN2O3/c1-12-3-2-4-13(7-12)8-18(20(25)26)23-19-15(11-24)9-14-10-16(21)5-6-17(14)22-19/h2-7,9-11,18H,8H2,1H3,(H,22,23)(H,25,26). The fourth-order valence-electron chi connectivity index (χ4n) is 2.81. The number of carbonyl (C=O) groups is 2. The summed E-state index contributed by atoms with van der Waals surface area (Å²) in [6.45, 7) is 1.95. The first-order valence-electron chi connectivity index (χ1n) is 8.06. The predicted molar refractivity (Wildman–Crippen MR) is 102 cm³/mol. The van der Waals surface area contributed by atoms with E-state index in [9.17, 15) is 14.7 Å². The molecule has 0 fully saturated rings. The highest BCUT2D eigenvalue weighted by atomic mass is 35.5. The van der Waals surface area contributed by atoms with Crippen molar-refractivity contribution in [2.24, 2.45) is 0 Å². The number of aliphatic carboxylic acids is 1. The van der Waals surface area contributed by atoms with Crippen molar-refractivity contribution < 1.29 is 14.7 Å². The highest BCUT2D eigenvalue weighted by Crippen LogP contribution is 2.23. The van der Waals surface area contributed by atoms with Crippen LogP contribution in [0.1, 0.15) is 21.5 Å². The molecule has 0 aliphatic rings. The summed E-state index contributed by atoms with van der Waals surface area (Å²) in [4.78, 5) is 27.6. The Balaban J connectivity index is 1.94. The van der Waals surface area contributed by atoms with Gasteiger partial charge in [-0.25, -0.2) is 9.78 Å². The topological polar surface area (TPSA) is 79.3 Å². The zero-order valence-corrected chi connectivity index (χ0v) is 14.8. The number of nitrogens with one attached hydrogen (secondary N) is 1. The molecule has 1 aromatic heterocycles. The lowest BCUT2D eigenvalue weighted by molar-refractivity contribution is -0.137. The van der Waals surface area contributed by atoms with Gasteiger partial charge in [-0.15, -0.1) is 0 Å². The minimum atomic E-state index is -1.01. The van der Waals surface area contributed by atoms with Gasteiger partial charge in [0.1, 0.15) is 11.9 Å². The molecular formula is C20H17ClN2O3. The Hall–Kier alpha value is -2.92. The molecule has 6 heteroatoms. The number of carboxylic acids is 1. The Bertz CT molecular complexity index is 988. The predicted octanol–water partition coefficient (Wildman–Crippen LogP) is 4.12. The van der Waals surface area contributed by atoms with Crippen LogP contribution < -0.4 is 5.32 Å². The fraction of sp³-hybridized carbons (Fsp3) is 0.150. The molecule has 1 atom stereocenters. The Labute approximate surface area is 155 Å². The third kappa shape index (κ3) is 4.00. The van der Waals surface area contributed by atoms with Gasteiger partial charge in [0.25, 0.3) is 0 Å². The van der Waals surface area contributed by atoms with Crippen molar-refractivity contribution in [2.45, 2.75) is 19.4 Å². The van der Waals surface area contributed by atoms with E-state index in [-0.39, 0.29) is 17.8 Å². The zero-order chi connectivity index (χ0) is 18.7. The Morgan fingerprint density at radius 3 is 2.77 bits per heavy atom. The van der Waals surface area contributed by atoms with E-state index < -0.39 is 12.0 Å². The van der Waals surface area contributed by atoms with Gasteiger partial charge in [-0.3, -0.25) is 4.79 Å². The number of aromatic nitrogens is 1. The molecule has 0 saturated heterocycles. The lowest BCUT2D eigenvalue weighted by Crippen LogP contribution is -2.32. The van der Waals surface area contributed by atoms with Crippen LogP contribution in [0.15, 0.2) is 48.5 Å². The number of aldehydes is 1. The maximum atomic E-state index is 11.7. The number of anilines is 1. The van der Waals surface area contributed by atoms with E-state index in [4.69, 9.17) is 11.6 Å². The second-order valence-corrected chi connectivity index (χ2v) is 6.55. The number of pyridine rings is 1. The van der Waals surface area contributed by atoms with Crippen LogP contribution in [0.5, 0.6) is 0 Å². The summed E-state index contributed by atoms with van der Waals surface area (Å²) in [7, 11) is 0. The Kier molecular flexibility index (Phi) is 5.19. The number of hydrogen-bond acceptors (Lipinski definition) is 4. The average molecular weight is 369 g/mol. The number of aryl methyl sites for hydroxylation is 1. The van der Waals surface area contributed by atoms with Gasteiger partial charge in [0, 0.05) is 16.8 Å². The first-order valence-corrected chi connectivity index (χ1v) is 8.44. The van der Waals surface area contributed by atoms with Crippen molar-refractivity contribution in [1.29, 1.82) is 0 Å². The van der Waals surface area contributed by atoms with Crippen LogP contribution in [-0.4, -0.2) is 28.4 Å². The van der Waals surface area contributed by atoms with Crippen LogP contribution in [0.3, 0.4) is 0 Å². The summed E-state index contributed by atoms with van der Waals surface area (Å²) in [6.07, 6.45) is 0.927. The molecule has 1 unspecified atom stereocenters. The van der Waals surface area contributed by atoms with E-state index in [0.29, 0.717) is 16.8 Å². The quantitative estimate of drug-likeness (QED) is 0.640. The van der Waals surface area contributed by atoms with Gasteiger partial charge >= 0.3 is 5.97 Å². The number of nitrogens with zero attached hydrogens (tertiary/aromatic N) is 1. The minimum absolute atomic E-state index is 0.245. The summed E-state index contributed by atoms with van der Waals surface area (Å²) >= 11 is 5.97. The zero-order valence-electron chi connectivity index (χ0n) is 14.1.